The van der Waals surface area contributed by atoms with Gasteiger partial charge in [0.1, 0.15) is 16.9 Å². The lowest BCUT2D eigenvalue weighted by Gasteiger charge is -2.14. The van der Waals surface area contributed by atoms with Crippen LogP contribution in [0.3, 0.4) is 0 Å². The molecule has 5 heterocycles. The molecule has 6 rings (SSSR count). The Bertz CT molecular complexity index is 1520. The molecular weight excluding hydrogens is 420 g/mol. The molecular formula is C24H20N6OS. The number of carbonyl (C=O) groups excluding carboxylic acids is 1. The normalized spacial score (nSPS) is 14.2. The Morgan fingerprint density at radius 1 is 1.09 bits per heavy atom. The number of H-pyrrole nitrogens is 2. The summed E-state index contributed by atoms with van der Waals surface area (Å²) in [5, 5.41) is 12.1. The van der Waals surface area contributed by atoms with Crippen molar-refractivity contribution in [3.63, 3.8) is 0 Å². The zero-order valence-electron chi connectivity index (χ0n) is 17.4. The summed E-state index contributed by atoms with van der Waals surface area (Å²) in [4.78, 5) is 26.2. The Kier molecular flexibility index (Phi) is 4.48. The van der Waals surface area contributed by atoms with Gasteiger partial charge in [-0.1, -0.05) is 12.1 Å². The van der Waals surface area contributed by atoms with E-state index in [1.54, 1.807) is 13.1 Å². The third-order valence-corrected chi connectivity index (χ3v) is 7.00. The van der Waals surface area contributed by atoms with Crippen molar-refractivity contribution in [2.24, 2.45) is 0 Å². The van der Waals surface area contributed by atoms with Crippen LogP contribution >= 0.6 is 11.3 Å². The van der Waals surface area contributed by atoms with Gasteiger partial charge in [0.05, 0.1) is 20.8 Å². The fourth-order valence-corrected chi connectivity index (χ4v) is 5.06. The lowest BCUT2D eigenvalue weighted by molar-refractivity contribution is 0.102. The minimum atomic E-state index is 0.0544. The van der Waals surface area contributed by atoms with Crippen LogP contribution in [0.2, 0.25) is 0 Å². The number of nitrogens with one attached hydrogen (secondary N) is 3. The van der Waals surface area contributed by atoms with Gasteiger partial charge >= 0.3 is 0 Å². The molecule has 0 radical (unpaired) electrons. The van der Waals surface area contributed by atoms with Crippen LogP contribution in [0.5, 0.6) is 0 Å². The Hall–Kier alpha value is -3.62. The monoisotopic (exact) mass is 440 g/mol. The average Bonchev–Trinajstić information content (AvgIpc) is 3.56. The maximum Gasteiger partial charge on any atom is 0.169 e. The number of thiophene rings is 1. The summed E-state index contributed by atoms with van der Waals surface area (Å²) in [5.74, 6) is 0.749. The molecule has 1 aliphatic rings. The summed E-state index contributed by atoms with van der Waals surface area (Å²) in [6.45, 7) is 3.47. The van der Waals surface area contributed by atoms with Crippen molar-refractivity contribution >= 4 is 44.6 Å². The summed E-state index contributed by atoms with van der Waals surface area (Å²) in [5.41, 5.74) is 6.76. The number of hydrogen-bond donors (Lipinski definition) is 3. The van der Waals surface area contributed by atoms with Crippen LogP contribution in [0.25, 0.3) is 49.6 Å². The number of benzene rings is 1. The number of rotatable bonds is 4. The van der Waals surface area contributed by atoms with E-state index in [9.17, 15) is 4.79 Å². The minimum absolute atomic E-state index is 0.0544. The van der Waals surface area contributed by atoms with E-state index in [1.807, 2.05) is 18.2 Å². The highest BCUT2D eigenvalue weighted by atomic mass is 32.1. The van der Waals surface area contributed by atoms with Gasteiger partial charge < -0.3 is 10.3 Å². The van der Waals surface area contributed by atoms with E-state index in [2.05, 4.69) is 49.8 Å². The minimum Gasteiger partial charge on any atom is -0.336 e. The molecule has 0 saturated heterocycles. The van der Waals surface area contributed by atoms with Crippen molar-refractivity contribution < 1.29 is 4.79 Å². The van der Waals surface area contributed by atoms with E-state index in [-0.39, 0.29) is 5.78 Å². The third-order valence-electron chi connectivity index (χ3n) is 5.81. The molecule has 1 aliphatic heterocycles. The van der Waals surface area contributed by atoms with Gasteiger partial charge in [0.2, 0.25) is 0 Å². The quantitative estimate of drug-likeness (QED) is 0.348. The summed E-state index contributed by atoms with van der Waals surface area (Å²) < 4.78 is 0. The second kappa shape index (κ2) is 7.51. The predicted octanol–water partition coefficient (Wildman–Crippen LogP) is 4.81. The largest absolute Gasteiger partial charge is 0.336 e. The molecule has 1 aromatic carbocycles. The van der Waals surface area contributed by atoms with E-state index < -0.39 is 0 Å². The first kappa shape index (κ1) is 19.1. The van der Waals surface area contributed by atoms with Crippen LogP contribution in [0.1, 0.15) is 28.6 Å². The van der Waals surface area contributed by atoms with Gasteiger partial charge in [-0.2, -0.15) is 5.10 Å². The number of aromatic nitrogens is 5. The molecule has 0 fully saturated rings. The van der Waals surface area contributed by atoms with E-state index in [0.717, 1.165) is 57.7 Å². The molecule has 0 atom stereocenters. The van der Waals surface area contributed by atoms with Crippen LogP contribution in [0.15, 0.2) is 48.7 Å². The van der Waals surface area contributed by atoms with Gasteiger partial charge in [0.25, 0.3) is 0 Å². The molecule has 0 saturated carbocycles. The molecule has 5 aromatic rings. The van der Waals surface area contributed by atoms with Gasteiger partial charge in [-0.15, -0.1) is 11.3 Å². The maximum absolute atomic E-state index is 11.7. The molecule has 7 nitrogen and oxygen atoms in total. The predicted molar refractivity (Wildman–Crippen MR) is 128 cm³/mol. The number of ketones is 1. The number of Topliss-reactive ketones (excluding diaryl/α,β-unsaturated/α-hetero) is 1. The van der Waals surface area contributed by atoms with Crippen LogP contribution in [0.4, 0.5) is 0 Å². The van der Waals surface area contributed by atoms with Crippen LogP contribution in [-0.2, 0) is 0 Å². The second-order valence-corrected chi connectivity index (χ2v) is 8.96. The van der Waals surface area contributed by atoms with E-state index >= 15 is 0 Å². The fourth-order valence-electron chi connectivity index (χ4n) is 4.16. The zero-order valence-corrected chi connectivity index (χ0v) is 18.2. The van der Waals surface area contributed by atoms with Gasteiger partial charge in [0.15, 0.2) is 11.6 Å². The van der Waals surface area contributed by atoms with E-state index in [0.29, 0.717) is 10.7 Å². The first-order chi connectivity index (χ1) is 15.7. The summed E-state index contributed by atoms with van der Waals surface area (Å²) in [6.07, 6.45) is 5.03. The standard InChI is InChI=1S/C24H20N6OS/c1-13(31)19-4-5-20(32-19)23-22-18(8-11-26-23)27-24(28-22)21-16-12-15(2-3-17(16)29-30-21)14-6-9-25-10-7-14/h2-6,8,11-12,25H,7,9-10H2,1H3,(H,27,28)(H,29,30). The summed E-state index contributed by atoms with van der Waals surface area (Å²) >= 11 is 1.44. The Morgan fingerprint density at radius 3 is 2.84 bits per heavy atom. The third kappa shape index (κ3) is 3.16. The van der Waals surface area contributed by atoms with Crippen molar-refractivity contribution in [1.82, 2.24) is 30.5 Å². The number of imidazole rings is 1. The van der Waals surface area contributed by atoms with Gasteiger partial charge in [-0.05, 0) is 61.4 Å². The number of aromatic amines is 2. The molecule has 0 bridgehead atoms. The highest BCUT2D eigenvalue weighted by Gasteiger charge is 2.18. The Morgan fingerprint density at radius 2 is 2.03 bits per heavy atom. The number of carbonyl (C=O) groups is 1. The molecule has 3 N–H and O–H groups in total. The second-order valence-electron chi connectivity index (χ2n) is 7.88. The zero-order chi connectivity index (χ0) is 21.7. The highest BCUT2D eigenvalue weighted by Crippen LogP contribution is 2.34. The van der Waals surface area contributed by atoms with Crippen LogP contribution < -0.4 is 5.32 Å². The van der Waals surface area contributed by atoms with Crippen molar-refractivity contribution in [3.8, 4) is 22.1 Å². The molecule has 0 aliphatic carbocycles. The van der Waals surface area contributed by atoms with Gasteiger partial charge in [-0.25, -0.2) is 4.98 Å². The smallest absolute Gasteiger partial charge is 0.169 e. The topological polar surface area (TPSA) is 99.4 Å². The SMILES string of the molecule is CC(=O)c1ccc(-c2nccc3[nH]c(-c4n[nH]c5ccc(C6=CCNCC6)cc45)nc23)s1. The molecule has 32 heavy (non-hydrogen) atoms. The molecule has 158 valence electrons. The van der Waals surface area contributed by atoms with Gasteiger partial charge in [0, 0.05) is 18.1 Å². The number of pyridine rings is 1. The van der Waals surface area contributed by atoms with Crippen LogP contribution in [0, 0.1) is 0 Å². The van der Waals surface area contributed by atoms with Crippen molar-refractivity contribution in [3.05, 3.63) is 59.1 Å². The Labute approximate surface area is 187 Å². The molecule has 0 spiro atoms. The molecule has 8 heteroatoms. The van der Waals surface area contributed by atoms with Crippen molar-refractivity contribution in [2.75, 3.05) is 13.1 Å². The van der Waals surface area contributed by atoms with Crippen LogP contribution in [-0.4, -0.2) is 44.0 Å². The first-order valence-corrected chi connectivity index (χ1v) is 11.3. The highest BCUT2D eigenvalue weighted by molar-refractivity contribution is 7.17. The fraction of sp³-hybridized carbons (Fsp3) is 0.167. The van der Waals surface area contributed by atoms with Crippen molar-refractivity contribution in [2.45, 2.75) is 13.3 Å². The number of nitrogens with zero attached hydrogens (tertiary/aromatic N) is 3. The summed E-state index contributed by atoms with van der Waals surface area (Å²) in [7, 11) is 0. The van der Waals surface area contributed by atoms with Crippen molar-refractivity contribution in [1.29, 1.82) is 0 Å². The lowest BCUT2D eigenvalue weighted by Crippen LogP contribution is -2.19. The van der Waals surface area contributed by atoms with E-state index in [4.69, 9.17) is 4.98 Å². The molecule has 0 unspecified atom stereocenters. The summed E-state index contributed by atoms with van der Waals surface area (Å²) in [6, 6.07) is 12.1. The maximum atomic E-state index is 11.7. The molecule has 4 aromatic heterocycles. The molecule has 0 amide bonds. The van der Waals surface area contributed by atoms with Gasteiger partial charge in [-0.3, -0.25) is 14.9 Å². The average molecular weight is 441 g/mol. The lowest BCUT2D eigenvalue weighted by atomic mass is 9.98. The Balaban J connectivity index is 1.47. The number of fused-ring (bicyclic) bond motifs is 2. The number of hydrogen-bond acceptors (Lipinski definition) is 6. The first-order valence-electron chi connectivity index (χ1n) is 10.5. The van der Waals surface area contributed by atoms with E-state index in [1.165, 1.54) is 22.5 Å².